The lowest BCUT2D eigenvalue weighted by atomic mass is 10.2. The lowest BCUT2D eigenvalue weighted by Crippen LogP contribution is -2.41. The molecule has 0 bridgehead atoms. The van der Waals surface area contributed by atoms with Gasteiger partial charge in [0.1, 0.15) is 5.75 Å². The van der Waals surface area contributed by atoms with E-state index in [1.165, 1.54) is 0 Å². The molecular formula is C14H20ClNO3. The average Bonchev–Trinajstić information content (AvgIpc) is 2.39. The molecule has 0 spiro atoms. The minimum atomic E-state index is -0.591. The van der Waals surface area contributed by atoms with Crippen molar-refractivity contribution < 1.29 is 14.6 Å². The summed E-state index contributed by atoms with van der Waals surface area (Å²) < 4.78 is 5.61. The number of aliphatic hydroxyl groups is 1. The van der Waals surface area contributed by atoms with E-state index >= 15 is 0 Å². The van der Waals surface area contributed by atoms with Gasteiger partial charge in [-0.3, -0.25) is 4.79 Å². The molecule has 19 heavy (non-hydrogen) atoms. The van der Waals surface area contributed by atoms with Crippen molar-refractivity contribution in [3.8, 4) is 5.75 Å². The molecule has 0 fully saturated rings. The SMILES string of the molecule is CCN(CCO)C(=O)C(C)Oc1ccc(Cl)c(C)c1. The number of halogens is 1. The Bertz CT molecular complexity index is 437. The third-order valence-corrected chi connectivity index (χ3v) is 3.28. The number of ether oxygens (including phenoxy) is 1. The van der Waals surface area contributed by atoms with Crippen LogP contribution in [0.2, 0.25) is 5.02 Å². The number of nitrogens with zero attached hydrogens (tertiary/aromatic N) is 1. The summed E-state index contributed by atoms with van der Waals surface area (Å²) in [6.07, 6.45) is -0.591. The van der Waals surface area contributed by atoms with Gasteiger partial charge in [0.25, 0.3) is 5.91 Å². The third-order valence-electron chi connectivity index (χ3n) is 2.85. The van der Waals surface area contributed by atoms with Gasteiger partial charge in [-0.2, -0.15) is 0 Å². The van der Waals surface area contributed by atoms with Crippen LogP contribution < -0.4 is 4.74 Å². The smallest absolute Gasteiger partial charge is 0.263 e. The predicted molar refractivity (Wildman–Crippen MR) is 75.6 cm³/mol. The highest BCUT2D eigenvalue weighted by Gasteiger charge is 2.20. The Labute approximate surface area is 118 Å². The van der Waals surface area contributed by atoms with E-state index in [9.17, 15) is 4.79 Å². The van der Waals surface area contributed by atoms with Gasteiger partial charge in [-0.25, -0.2) is 0 Å². The van der Waals surface area contributed by atoms with Crippen molar-refractivity contribution in [1.29, 1.82) is 0 Å². The van der Waals surface area contributed by atoms with Gasteiger partial charge in [0, 0.05) is 18.1 Å². The molecule has 1 unspecified atom stereocenters. The number of amides is 1. The summed E-state index contributed by atoms with van der Waals surface area (Å²) in [5, 5.41) is 9.57. The Morgan fingerprint density at radius 3 is 2.74 bits per heavy atom. The fourth-order valence-electron chi connectivity index (χ4n) is 1.75. The van der Waals surface area contributed by atoms with Crippen molar-refractivity contribution in [2.75, 3.05) is 19.7 Å². The fourth-order valence-corrected chi connectivity index (χ4v) is 1.86. The summed E-state index contributed by atoms with van der Waals surface area (Å²) in [6.45, 7) is 6.27. The van der Waals surface area contributed by atoms with Crippen molar-refractivity contribution in [1.82, 2.24) is 4.90 Å². The summed E-state index contributed by atoms with van der Waals surface area (Å²) in [5.74, 6) is 0.479. The molecule has 0 aromatic heterocycles. The molecule has 5 heteroatoms. The van der Waals surface area contributed by atoms with Crippen LogP contribution in [0.25, 0.3) is 0 Å². The molecular weight excluding hydrogens is 266 g/mol. The number of hydrogen-bond donors (Lipinski definition) is 1. The van der Waals surface area contributed by atoms with Gasteiger partial charge in [-0.15, -0.1) is 0 Å². The zero-order valence-corrected chi connectivity index (χ0v) is 12.3. The Morgan fingerprint density at radius 1 is 1.53 bits per heavy atom. The minimum absolute atomic E-state index is 0.0493. The molecule has 1 aromatic carbocycles. The first-order valence-electron chi connectivity index (χ1n) is 6.32. The Kier molecular flexibility index (Phi) is 6.12. The highest BCUT2D eigenvalue weighted by Crippen LogP contribution is 2.22. The van der Waals surface area contributed by atoms with E-state index in [0.29, 0.717) is 23.9 Å². The maximum Gasteiger partial charge on any atom is 0.263 e. The molecule has 1 amide bonds. The zero-order valence-electron chi connectivity index (χ0n) is 11.5. The monoisotopic (exact) mass is 285 g/mol. The summed E-state index contributed by atoms with van der Waals surface area (Å²) in [4.78, 5) is 13.6. The van der Waals surface area contributed by atoms with E-state index < -0.39 is 6.10 Å². The molecule has 1 rings (SSSR count). The molecule has 0 saturated carbocycles. The van der Waals surface area contributed by atoms with Crippen molar-refractivity contribution >= 4 is 17.5 Å². The van der Waals surface area contributed by atoms with Crippen LogP contribution in [0, 0.1) is 6.92 Å². The van der Waals surface area contributed by atoms with Crippen LogP contribution in [-0.4, -0.2) is 41.7 Å². The van der Waals surface area contributed by atoms with Crippen molar-refractivity contribution in [3.05, 3.63) is 28.8 Å². The molecule has 0 heterocycles. The highest BCUT2D eigenvalue weighted by molar-refractivity contribution is 6.31. The van der Waals surface area contributed by atoms with Gasteiger partial charge in [-0.05, 0) is 44.5 Å². The van der Waals surface area contributed by atoms with Crippen LogP contribution in [0.1, 0.15) is 19.4 Å². The zero-order chi connectivity index (χ0) is 14.4. The Morgan fingerprint density at radius 2 is 2.21 bits per heavy atom. The van der Waals surface area contributed by atoms with Crippen molar-refractivity contribution in [2.45, 2.75) is 26.9 Å². The van der Waals surface area contributed by atoms with E-state index in [2.05, 4.69) is 0 Å². The molecule has 1 aromatic rings. The van der Waals surface area contributed by atoms with Crippen LogP contribution in [0.3, 0.4) is 0 Å². The first kappa shape index (κ1) is 15.8. The molecule has 1 N–H and O–H groups in total. The number of hydrogen-bond acceptors (Lipinski definition) is 3. The molecule has 0 aliphatic carbocycles. The Hall–Kier alpha value is -1.26. The molecule has 1 atom stereocenters. The molecule has 0 saturated heterocycles. The number of carbonyl (C=O) groups excluding carboxylic acids is 1. The summed E-state index contributed by atoms with van der Waals surface area (Å²) in [6, 6.07) is 5.28. The molecule has 4 nitrogen and oxygen atoms in total. The van der Waals surface area contributed by atoms with E-state index in [1.807, 2.05) is 13.8 Å². The summed E-state index contributed by atoms with van der Waals surface area (Å²) in [7, 11) is 0. The van der Waals surface area contributed by atoms with Crippen LogP contribution in [0.4, 0.5) is 0 Å². The van der Waals surface area contributed by atoms with Crippen molar-refractivity contribution in [3.63, 3.8) is 0 Å². The van der Waals surface area contributed by atoms with Crippen LogP contribution >= 0.6 is 11.6 Å². The number of aryl methyl sites for hydroxylation is 1. The molecule has 106 valence electrons. The average molecular weight is 286 g/mol. The third kappa shape index (κ3) is 4.40. The lowest BCUT2D eigenvalue weighted by molar-refractivity contribution is -0.138. The number of aliphatic hydroxyl groups excluding tert-OH is 1. The number of likely N-dealkylation sites (N-methyl/N-ethyl adjacent to an activating group) is 1. The van der Waals surface area contributed by atoms with Gasteiger partial charge in [0.15, 0.2) is 6.10 Å². The second kappa shape index (κ2) is 7.36. The maximum atomic E-state index is 12.1. The number of rotatable bonds is 6. The second-order valence-electron chi connectivity index (χ2n) is 4.31. The Balaban J connectivity index is 2.69. The normalized spacial score (nSPS) is 12.1. The topological polar surface area (TPSA) is 49.8 Å². The van der Waals surface area contributed by atoms with E-state index in [-0.39, 0.29) is 12.5 Å². The van der Waals surface area contributed by atoms with Gasteiger partial charge >= 0.3 is 0 Å². The van der Waals surface area contributed by atoms with E-state index in [1.54, 1.807) is 30.0 Å². The number of carbonyl (C=O) groups is 1. The minimum Gasteiger partial charge on any atom is -0.481 e. The summed E-state index contributed by atoms with van der Waals surface area (Å²) in [5.41, 5.74) is 0.904. The second-order valence-corrected chi connectivity index (χ2v) is 4.72. The first-order chi connectivity index (χ1) is 8.99. The molecule has 0 aliphatic rings. The quantitative estimate of drug-likeness (QED) is 0.872. The van der Waals surface area contributed by atoms with Gasteiger partial charge < -0.3 is 14.7 Å². The van der Waals surface area contributed by atoms with Crippen LogP contribution in [0.15, 0.2) is 18.2 Å². The predicted octanol–water partition coefficient (Wildman–Crippen LogP) is 2.26. The molecule has 0 aliphatic heterocycles. The number of benzene rings is 1. The first-order valence-corrected chi connectivity index (χ1v) is 6.69. The van der Waals surface area contributed by atoms with Crippen LogP contribution in [0.5, 0.6) is 5.75 Å². The standard InChI is InChI=1S/C14H20ClNO3/c1-4-16(7-8-17)14(18)11(3)19-12-5-6-13(15)10(2)9-12/h5-6,9,11,17H,4,7-8H2,1-3H3. The largest absolute Gasteiger partial charge is 0.481 e. The highest BCUT2D eigenvalue weighted by atomic mass is 35.5. The van der Waals surface area contributed by atoms with Crippen molar-refractivity contribution in [2.24, 2.45) is 0 Å². The van der Waals surface area contributed by atoms with Gasteiger partial charge in [0.2, 0.25) is 0 Å². The fraction of sp³-hybridized carbons (Fsp3) is 0.500. The van der Waals surface area contributed by atoms with E-state index in [0.717, 1.165) is 5.56 Å². The maximum absolute atomic E-state index is 12.1. The van der Waals surface area contributed by atoms with Crippen LogP contribution in [-0.2, 0) is 4.79 Å². The lowest BCUT2D eigenvalue weighted by Gasteiger charge is -2.24. The summed E-state index contributed by atoms with van der Waals surface area (Å²) >= 11 is 5.94. The van der Waals surface area contributed by atoms with Gasteiger partial charge in [-0.1, -0.05) is 11.6 Å². The van der Waals surface area contributed by atoms with Gasteiger partial charge in [0.05, 0.1) is 6.61 Å². The molecule has 0 radical (unpaired) electrons. The van der Waals surface area contributed by atoms with E-state index in [4.69, 9.17) is 21.4 Å².